The largest absolute Gasteiger partial charge is 0.475 e. The summed E-state index contributed by atoms with van der Waals surface area (Å²) in [7, 11) is -12.0. The van der Waals surface area contributed by atoms with Crippen LogP contribution in [-0.4, -0.2) is 86.2 Å². The zero-order chi connectivity index (χ0) is 49.1. The Bertz CT molecular complexity index is 1780. The number of hydrogen-bond donors (Lipinski definition) is 2. The van der Waals surface area contributed by atoms with E-state index in [1.165, 1.54) is 0 Å². The van der Waals surface area contributed by atoms with E-state index in [-0.39, 0.29) is 77.9 Å². The molecular formula is C46H86N2O14P2S. The maximum atomic E-state index is 14.7. The summed E-state index contributed by atoms with van der Waals surface area (Å²) in [4.78, 5) is 23.3. The van der Waals surface area contributed by atoms with Crippen molar-refractivity contribution in [1.29, 1.82) is 0 Å². The lowest BCUT2D eigenvalue weighted by Gasteiger charge is -2.64. The highest BCUT2D eigenvalue weighted by Gasteiger charge is 2.67. The van der Waals surface area contributed by atoms with Gasteiger partial charge in [-0.1, -0.05) is 20.8 Å². The number of carbonyl (C=O) groups excluding carboxylic acids is 1. The van der Waals surface area contributed by atoms with Crippen LogP contribution in [0.4, 0.5) is 0 Å². The van der Waals surface area contributed by atoms with Gasteiger partial charge in [0.2, 0.25) is 5.91 Å². The van der Waals surface area contributed by atoms with Gasteiger partial charge in [0.15, 0.2) is 0 Å². The van der Waals surface area contributed by atoms with Crippen LogP contribution in [0.2, 0.25) is 0 Å². The van der Waals surface area contributed by atoms with E-state index in [2.05, 4.69) is 44.5 Å². The third-order valence-electron chi connectivity index (χ3n) is 15.3. The minimum Gasteiger partial charge on any atom is -0.393 e. The number of nitrogens with one attached hydrogen (secondary N) is 1. The second-order valence-electron chi connectivity index (χ2n) is 22.4. The molecule has 4 fully saturated rings. The van der Waals surface area contributed by atoms with E-state index in [1.807, 2.05) is 41.5 Å². The lowest BCUT2D eigenvalue weighted by Crippen LogP contribution is -2.63. The molecule has 65 heavy (non-hydrogen) atoms. The van der Waals surface area contributed by atoms with Crippen LogP contribution in [0.5, 0.6) is 0 Å². The first-order valence-electron chi connectivity index (χ1n) is 24.3. The quantitative estimate of drug-likeness (QED) is 0.0644. The number of amides is 1. The Morgan fingerprint density at radius 1 is 0.831 bits per heavy atom. The number of phosphoric ester groups is 2. The molecule has 0 radical (unpaired) electrons. The molecule has 4 aliphatic rings. The molecular weight excluding hydrogens is 899 g/mol. The molecule has 2 N–H and O–H groups in total. The van der Waals surface area contributed by atoms with Gasteiger partial charge in [-0.05, 0) is 193 Å². The van der Waals surface area contributed by atoms with Crippen LogP contribution in [0.15, 0.2) is 4.58 Å². The minimum absolute atomic E-state index is 0.0308. The molecule has 0 aromatic rings. The Morgan fingerprint density at radius 3 is 1.95 bits per heavy atom. The number of aliphatic hydroxyl groups is 1. The van der Waals surface area contributed by atoms with Gasteiger partial charge >= 0.3 is 15.6 Å². The zero-order valence-electron chi connectivity index (χ0n) is 42.2. The van der Waals surface area contributed by atoms with Crippen LogP contribution >= 0.6 is 15.6 Å². The topological polar surface area (TPSA) is 212 Å². The zero-order valence-corrected chi connectivity index (χ0v) is 44.8. The fourth-order valence-corrected chi connectivity index (χ4v) is 16.3. The molecule has 0 aromatic carbocycles. The molecule has 380 valence electrons. The van der Waals surface area contributed by atoms with Crippen molar-refractivity contribution in [3.05, 3.63) is 4.91 Å². The van der Waals surface area contributed by atoms with Crippen molar-refractivity contribution in [2.45, 2.75) is 216 Å². The molecule has 0 aliphatic heterocycles. The standard InChI is InChI=1S/C46H86N2O14P2S/c1-29(2)57-63(52,58-30(3)4)61-39-27-35-26-34(44(12,13)56-24-22-43(10,11)62-64(53,59-31(5)6)60-32(7)8)20-21-45(35,14)38-28-40(49)46(15)36(17-18-37(46)42(38)39)33(9)16-19-41(50)47-23-25-65(54,55)48-51/h29-40,42,49H,16-28H2,1-15H3,(H,47,50). The fraction of sp³-hybridized carbons (Fsp3) is 0.978. The molecule has 11 atom stereocenters. The average molecular weight is 985 g/mol. The van der Waals surface area contributed by atoms with Crippen molar-refractivity contribution in [3.8, 4) is 0 Å². The first-order chi connectivity index (χ1) is 29.8. The van der Waals surface area contributed by atoms with Crippen LogP contribution in [-0.2, 0) is 55.8 Å². The van der Waals surface area contributed by atoms with Crippen molar-refractivity contribution in [2.24, 2.45) is 56.8 Å². The summed E-state index contributed by atoms with van der Waals surface area (Å²) in [5.74, 6) is -0.258. The van der Waals surface area contributed by atoms with Gasteiger partial charge in [0.1, 0.15) is 0 Å². The number of ether oxygens (including phenoxy) is 1. The van der Waals surface area contributed by atoms with Gasteiger partial charge in [-0.2, -0.15) is 0 Å². The first-order valence-corrected chi connectivity index (χ1v) is 28.8. The van der Waals surface area contributed by atoms with Crippen LogP contribution in [0, 0.1) is 57.2 Å². The Hall–Kier alpha value is -0.840. The fourth-order valence-electron chi connectivity index (χ4n) is 12.2. The van der Waals surface area contributed by atoms with E-state index in [1.54, 1.807) is 27.7 Å². The summed E-state index contributed by atoms with van der Waals surface area (Å²) < 4.78 is 96.4. The van der Waals surface area contributed by atoms with Crippen molar-refractivity contribution in [2.75, 3.05) is 18.9 Å². The van der Waals surface area contributed by atoms with E-state index in [9.17, 15) is 32.4 Å². The number of fused-ring (bicyclic) bond motifs is 5. The molecule has 1 amide bonds. The van der Waals surface area contributed by atoms with Gasteiger partial charge in [0.05, 0.1) is 64.8 Å². The van der Waals surface area contributed by atoms with Crippen molar-refractivity contribution < 1.29 is 59.3 Å². The summed E-state index contributed by atoms with van der Waals surface area (Å²) in [6, 6.07) is 0. The molecule has 0 heterocycles. The van der Waals surface area contributed by atoms with E-state index in [4.69, 9.17) is 31.9 Å². The number of phosphoric acid groups is 2. The highest BCUT2D eigenvalue weighted by molar-refractivity contribution is 7.90. The maximum Gasteiger partial charge on any atom is 0.475 e. The SMILES string of the molecule is CC(C)OP(=O)(OC(C)C)OC1CC2CC(C(C)(C)OCCC(C)(C)OP(=O)(OC(C)C)OC(C)C)CCC2(C)C2CC(O)C3(C)C(C(C)CCC(=O)NCCS(=O)(=O)N=O)CCC3C12. The molecule has 4 rings (SSSR count). The molecule has 0 saturated heterocycles. The van der Waals surface area contributed by atoms with Gasteiger partial charge in [0.25, 0.3) is 10.0 Å². The molecule has 4 aliphatic carbocycles. The Labute approximate surface area is 391 Å². The van der Waals surface area contributed by atoms with Crippen molar-refractivity contribution >= 4 is 31.6 Å². The monoisotopic (exact) mass is 985 g/mol. The third-order valence-corrected chi connectivity index (χ3v) is 20.2. The number of rotatable bonds is 25. The second kappa shape index (κ2) is 22.1. The summed E-state index contributed by atoms with van der Waals surface area (Å²) in [6.45, 7) is 29.3. The van der Waals surface area contributed by atoms with Gasteiger partial charge in [-0.25, -0.2) is 17.5 Å². The maximum absolute atomic E-state index is 14.7. The Morgan fingerprint density at radius 2 is 1.40 bits per heavy atom. The normalized spacial score (nSPS) is 31.8. The number of sulfonamides is 1. The van der Waals surface area contributed by atoms with Crippen LogP contribution in [0.1, 0.15) is 168 Å². The summed E-state index contributed by atoms with van der Waals surface area (Å²) >= 11 is 0. The smallest absolute Gasteiger partial charge is 0.393 e. The molecule has 4 saturated carbocycles. The van der Waals surface area contributed by atoms with Gasteiger partial charge in [-0.15, -0.1) is 4.91 Å². The summed E-state index contributed by atoms with van der Waals surface area (Å²) in [6.07, 6.45) is 4.20. The lowest BCUT2D eigenvalue weighted by atomic mass is 9.42. The third kappa shape index (κ3) is 14.4. The predicted octanol–water partition coefficient (Wildman–Crippen LogP) is 10.8. The van der Waals surface area contributed by atoms with E-state index in [0.29, 0.717) is 32.3 Å². The first kappa shape index (κ1) is 56.7. The average Bonchev–Trinajstić information content (AvgIpc) is 3.50. The van der Waals surface area contributed by atoms with Gasteiger partial charge < -0.3 is 15.2 Å². The minimum atomic E-state index is -4.10. The lowest BCUT2D eigenvalue weighted by molar-refractivity contribution is -0.210. The molecule has 0 spiro atoms. The van der Waals surface area contributed by atoms with Crippen LogP contribution < -0.4 is 5.32 Å². The molecule has 19 heteroatoms. The van der Waals surface area contributed by atoms with Gasteiger partial charge in [0, 0.05) is 13.0 Å². The van der Waals surface area contributed by atoms with E-state index in [0.717, 1.165) is 32.1 Å². The highest BCUT2D eigenvalue weighted by atomic mass is 32.2. The molecule has 0 bridgehead atoms. The van der Waals surface area contributed by atoms with Crippen LogP contribution in [0.3, 0.4) is 0 Å². The Kier molecular flexibility index (Phi) is 19.3. The number of nitrogens with zero attached hydrogens (tertiary/aromatic N) is 1. The van der Waals surface area contributed by atoms with Crippen molar-refractivity contribution in [3.63, 3.8) is 0 Å². The highest BCUT2D eigenvalue weighted by Crippen LogP contribution is 2.71. The molecule has 0 aromatic heterocycles. The Balaban J connectivity index is 1.57. The number of aliphatic hydroxyl groups excluding tert-OH is 1. The number of hydrogen-bond acceptors (Lipinski definition) is 14. The predicted molar refractivity (Wildman–Crippen MR) is 251 cm³/mol. The second-order valence-corrected chi connectivity index (χ2v) is 27.2. The van der Waals surface area contributed by atoms with Gasteiger partial charge in [-0.3, -0.25) is 31.9 Å². The summed E-state index contributed by atoms with van der Waals surface area (Å²) in [5, 5.41) is 15.1. The summed E-state index contributed by atoms with van der Waals surface area (Å²) in [5.41, 5.74) is -2.03. The molecule has 11 unspecified atom stereocenters. The number of nitroso groups, excluding NO2 is 1. The van der Waals surface area contributed by atoms with Crippen LogP contribution in [0.25, 0.3) is 0 Å². The van der Waals surface area contributed by atoms with E-state index >= 15 is 0 Å². The molecule has 16 nitrogen and oxygen atoms in total. The van der Waals surface area contributed by atoms with E-state index < -0.39 is 72.5 Å². The number of carbonyl (C=O) groups is 1. The van der Waals surface area contributed by atoms with Crippen molar-refractivity contribution in [1.82, 2.24) is 5.32 Å².